The Morgan fingerprint density at radius 2 is 1.35 bits per heavy atom. The van der Waals surface area contributed by atoms with Crippen LogP contribution in [-0.4, -0.2) is 6.61 Å². The van der Waals surface area contributed by atoms with Gasteiger partial charge in [-0.2, -0.15) is 0 Å². The zero-order chi connectivity index (χ0) is 15.2. The van der Waals surface area contributed by atoms with Gasteiger partial charge in [0.2, 0.25) is 0 Å². The quantitative estimate of drug-likeness (QED) is 0.340. The van der Waals surface area contributed by atoms with E-state index in [1.54, 1.807) is 0 Å². The van der Waals surface area contributed by atoms with Crippen LogP contribution >= 0.6 is 0 Å². The van der Waals surface area contributed by atoms with Crippen LogP contribution < -0.4 is 0 Å². The Bertz CT molecular complexity index is 1030. The molecule has 1 aliphatic heterocycles. The van der Waals surface area contributed by atoms with E-state index >= 15 is 0 Å². The van der Waals surface area contributed by atoms with Crippen molar-refractivity contribution >= 4 is 21.5 Å². The highest BCUT2D eigenvalue weighted by atomic mass is 16.6. The topological polar surface area (TPSA) is 12.5 Å². The third-order valence-electron chi connectivity index (χ3n) is 4.72. The van der Waals surface area contributed by atoms with E-state index in [0.717, 1.165) is 6.61 Å². The summed E-state index contributed by atoms with van der Waals surface area (Å²) in [6, 6.07) is 28.3. The second-order valence-corrected chi connectivity index (χ2v) is 6.10. The van der Waals surface area contributed by atoms with E-state index in [1.807, 2.05) is 0 Å². The summed E-state index contributed by atoms with van der Waals surface area (Å²) in [6.45, 7) is 0.838. The largest absolute Gasteiger partial charge is 0.368 e. The van der Waals surface area contributed by atoms with Gasteiger partial charge >= 0.3 is 0 Å². The van der Waals surface area contributed by atoms with Gasteiger partial charge in [-0.15, -0.1) is 0 Å². The zero-order valence-electron chi connectivity index (χ0n) is 12.7. The molecule has 0 radical (unpaired) electrons. The molecule has 0 aliphatic carbocycles. The van der Waals surface area contributed by atoms with Crippen LogP contribution in [0.2, 0.25) is 0 Å². The predicted molar refractivity (Wildman–Crippen MR) is 95.6 cm³/mol. The van der Waals surface area contributed by atoms with Gasteiger partial charge in [-0.25, -0.2) is 0 Å². The maximum Gasteiger partial charge on any atom is 0.107 e. The van der Waals surface area contributed by atoms with Crippen LogP contribution in [0.3, 0.4) is 0 Å². The smallest absolute Gasteiger partial charge is 0.107 e. The molecule has 4 aromatic rings. The van der Waals surface area contributed by atoms with Gasteiger partial charge in [-0.1, -0.05) is 78.9 Å². The summed E-state index contributed by atoms with van der Waals surface area (Å²) >= 11 is 0. The molecular formula is C22H16O. The van der Waals surface area contributed by atoms with Gasteiger partial charge < -0.3 is 4.74 Å². The van der Waals surface area contributed by atoms with E-state index in [-0.39, 0.29) is 6.10 Å². The Balaban J connectivity index is 1.84. The van der Waals surface area contributed by atoms with Crippen molar-refractivity contribution in [1.29, 1.82) is 0 Å². The van der Waals surface area contributed by atoms with Crippen molar-refractivity contribution in [3.05, 3.63) is 84.4 Å². The summed E-state index contributed by atoms with van der Waals surface area (Å²) in [5.74, 6) is 0. The first kappa shape index (κ1) is 12.9. The van der Waals surface area contributed by atoms with Crippen molar-refractivity contribution in [3.8, 4) is 11.1 Å². The minimum Gasteiger partial charge on any atom is -0.368 e. The van der Waals surface area contributed by atoms with Crippen LogP contribution in [0.15, 0.2) is 78.9 Å². The second kappa shape index (κ2) is 4.94. The van der Waals surface area contributed by atoms with Gasteiger partial charge in [-0.05, 0) is 38.2 Å². The molecule has 0 N–H and O–H groups in total. The molecule has 23 heavy (non-hydrogen) atoms. The lowest BCUT2D eigenvalue weighted by Gasteiger charge is -2.12. The summed E-state index contributed by atoms with van der Waals surface area (Å²) in [4.78, 5) is 0. The maximum atomic E-state index is 5.54. The van der Waals surface area contributed by atoms with E-state index < -0.39 is 0 Å². The fraction of sp³-hybridized carbons (Fsp3) is 0.0909. The van der Waals surface area contributed by atoms with E-state index in [9.17, 15) is 0 Å². The van der Waals surface area contributed by atoms with Crippen LogP contribution in [0.4, 0.5) is 0 Å². The molecule has 0 saturated carbocycles. The van der Waals surface area contributed by atoms with Crippen LogP contribution in [0.25, 0.3) is 32.7 Å². The molecule has 1 atom stereocenters. The van der Waals surface area contributed by atoms with Gasteiger partial charge in [0.15, 0.2) is 0 Å². The highest BCUT2D eigenvalue weighted by Gasteiger charge is 2.27. The molecule has 1 saturated heterocycles. The first-order chi connectivity index (χ1) is 11.4. The van der Waals surface area contributed by atoms with Gasteiger partial charge in [0.1, 0.15) is 6.10 Å². The Morgan fingerprint density at radius 3 is 2.26 bits per heavy atom. The average Bonchev–Trinajstić information content (AvgIpc) is 3.46. The van der Waals surface area contributed by atoms with Crippen molar-refractivity contribution in [1.82, 2.24) is 0 Å². The highest BCUT2D eigenvalue weighted by Crippen LogP contribution is 2.40. The van der Waals surface area contributed by atoms with E-state index in [1.165, 1.54) is 38.2 Å². The van der Waals surface area contributed by atoms with Crippen LogP contribution in [0, 0.1) is 0 Å². The average molecular weight is 296 g/mol. The highest BCUT2D eigenvalue weighted by molar-refractivity contribution is 6.12. The fourth-order valence-electron chi connectivity index (χ4n) is 3.53. The monoisotopic (exact) mass is 296 g/mol. The second-order valence-electron chi connectivity index (χ2n) is 6.10. The molecule has 0 amide bonds. The molecule has 0 bridgehead atoms. The first-order valence-electron chi connectivity index (χ1n) is 8.03. The standard InChI is InChI=1S/C22H16O/c1-2-7-16-15(6-1)12-13-20-17(16)10-5-11-18(20)19-8-3-4-9-21(19)22-14-23-22/h1-13,22H,14H2. The first-order valence-corrected chi connectivity index (χ1v) is 8.03. The molecular weight excluding hydrogens is 280 g/mol. The summed E-state index contributed by atoms with van der Waals surface area (Å²) < 4.78 is 5.54. The summed E-state index contributed by atoms with van der Waals surface area (Å²) in [5.41, 5.74) is 3.88. The minimum atomic E-state index is 0.266. The third-order valence-corrected chi connectivity index (χ3v) is 4.72. The lowest BCUT2D eigenvalue weighted by molar-refractivity contribution is 0.416. The van der Waals surface area contributed by atoms with Gasteiger partial charge in [0.25, 0.3) is 0 Å². The van der Waals surface area contributed by atoms with Gasteiger partial charge in [0, 0.05) is 0 Å². The van der Waals surface area contributed by atoms with Gasteiger partial charge in [-0.3, -0.25) is 0 Å². The van der Waals surface area contributed by atoms with E-state index in [2.05, 4.69) is 78.9 Å². The predicted octanol–water partition coefficient (Wildman–Crippen LogP) is 5.73. The molecule has 5 rings (SSSR count). The SMILES string of the molecule is c1ccc(C2CO2)c(-c2cccc3c2ccc2ccccc23)c1. The number of rotatable bonds is 2. The number of hydrogen-bond donors (Lipinski definition) is 0. The number of benzene rings is 4. The van der Waals surface area contributed by atoms with Crippen molar-refractivity contribution in [2.75, 3.05) is 6.61 Å². The lowest BCUT2D eigenvalue weighted by atomic mass is 9.91. The van der Waals surface area contributed by atoms with Crippen molar-refractivity contribution < 1.29 is 4.74 Å². The minimum absolute atomic E-state index is 0.266. The third kappa shape index (κ3) is 2.05. The molecule has 4 aromatic carbocycles. The molecule has 0 spiro atoms. The summed E-state index contributed by atoms with van der Waals surface area (Å²) in [5, 5.41) is 5.22. The number of epoxide rings is 1. The summed E-state index contributed by atoms with van der Waals surface area (Å²) in [7, 11) is 0. The van der Waals surface area contributed by atoms with Crippen LogP contribution in [-0.2, 0) is 4.74 Å². The molecule has 1 heterocycles. The number of hydrogen-bond acceptors (Lipinski definition) is 1. The molecule has 1 nitrogen and oxygen atoms in total. The number of fused-ring (bicyclic) bond motifs is 3. The lowest BCUT2D eigenvalue weighted by Crippen LogP contribution is -1.89. The Kier molecular flexibility index (Phi) is 2.76. The van der Waals surface area contributed by atoms with Gasteiger partial charge in [0.05, 0.1) is 6.61 Å². The molecule has 110 valence electrons. The Labute approximate surface area is 135 Å². The van der Waals surface area contributed by atoms with Crippen molar-refractivity contribution in [2.45, 2.75) is 6.10 Å². The molecule has 1 unspecified atom stereocenters. The van der Waals surface area contributed by atoms with Crippen LogP contribution in [0.5, 0.6) is 0 Å². The van der Waals surface area contributed by atoms with E-state index in [4.69, 9.17) is 4.74 Å². The van der Waals surface area contributed by atoms with E-state index in [0.29, 0.717) is 0 Å². The normalized spacial score (nSPS) is 16.8. The maximum absolute atomic E-state index is 5.54. The molecule has 1 fully saturated rings. The Hall–Kier alpha value is -2.64. The number of ether oxygens (including phenoxy) is 1. The molecule has 1 aliphatic rings. The zero-order valence-corrected chi connectivity index (χ0v) is 12.7. The molecule has 1 heteroatoms. The summed E-state index contributed by atoms with van der Waals surface area (Å²) in [6.07, 6.45) is 0.266. The van der Waals surface area contributed by atoms with Crippen LogP contribution in [0.1, 0.15) is 11.7 Å². The van der Waals surface area contributed by atoms with Crippen molar-refractivity contribution in [3.63, 3.8) is 0 Å². The Morgan fingerprint density at radius 1 is 0.609 bits per heavy atom. The van der Waals surface area contributed by atoms with Crippen molar-refractivity contribution in [2.24, 2.45) is 0 Å². The molecule has 0 aromatic heterocycles. The fourth-order valence-corrected chi connectivity index (χ4v) is 3.53.